The molecule has 40 heavy (non-hydrogen) atoms. The molecular formula is C37H39FNO+. The van der Waals surface area contributed by atoms with Gasteiger partial charge in [0.25, 0.3) is 0 Å². The largest absolute Gasteiger partial charge is 0.454 e. The maximum atomic E-state index is 15.5. The molecule has 0 aliphatic heterocycles. The summed E-state index contributed by atoms with van der Waals surface area (Å²) in [6, 6.07) is 22.6. The predicted molar refractivity (Wildman–Crippen MR) is 162 cm³/mol. The summed E-state index contributed by atoms with van der Waals surface area (Å²) in [6.45, 7) is 2.11. The molecule has 0 amide bonds. The number of aromatic nitrogens is 1. The number of hydrogen-bond acceptors (Lipinski definition) is 1. The topological polar surface area (TPSA) is 17.0 Å². The first-order valence-electron chi connectivity index (χ1n) is 15.2. The number of aryl methyl sites for hydroxylation is 2. The molecule has 0 unspecified atom stereocenters. The van der Waals surface area contributed by atoms with Crippen LogP contribution in [0.15, 0.2) is 77.3 Å². The van der Waals surface area contributed by atoms with E-state index in [0.717, 1.165) is 38.7 Å². The average Bonchev–Trinajstić information content (AvgIpc) is 3.19. The molecule has 2 aromatic heterocycles. The third-order valence-corrected chi connectivity index (χ3v) is 10.2. The number of benzene rings is 3. The van der Waals surface area contributed by atoms with Gasteiger partial charge >= 0.3 is 0 Å². The smallest absolute Gasteiger partial charge is 0.216 e. The molecule has 7 rings (SSSR count). The fraction of sp³-hybridized carbons (Fsp3) is 0.378. The van der Waals surface area contributed by atoms with Crippen molar-refractivity contribution in [1.29, 1.82) is 0 Å². The highest BCUT2D eigenvalue weighted by atomic mass is 19.1. The lowest BCUT2D eigenvalue weighted by atomic mass is 9.65. The lowest BCUT2D eigenvalue weighted by molar-refractivity contribution is -0.660. The van der Waals surface area contributed by atoms with Crippen molar-refractivity contribution in [3.63, 3.8) is 0 Å². The normalized spacial score (nSPS) is 18.0. The second kappa shape index (κ2) is 10.2. The van der Waals surface area contributed by atoms with Gasteiger partial charge in [0.05, 0.1) is 11.1 Å². The van der Waals surface area contributed by atoms with Crippen molar-refractivity contribution in [2.24, 2.45) is 12.5 Å². The molecule has 2 saturated carbocycles. The van der Waals surface area contributed by atoms with E-state index in [1.807, 2.05) is 31.4 Å². The van der Waals surface area contributed by atoms with Gasteiger partial charge in [-0.3, -0.25) is 0 Å². The summed E-state index contributed by atoms with van der Waals surface area (Å²) in [5.74, 6) is 0.378. The molecule has 0 N–H and O–H groups in total. The summed E-state index contributed by atoms with van der Waals surface area (Å²) in [5, 5.41) is 1.98. The van der Waals surface area contributed by atoms with Gasteiger partial charge in [-0.15, -0.1) is 0 Å². The molecule has 204 valence electrons. The van der Waals surface area contributed by atoms with Crippen LogP contribution in [-0.2, 0) is 7.05 Å². The molecule has 2 nitrogen and oxygen atoms in total. The van der Waals surface area contributed by atoms with Crippen LogP contribution in [-0.4, -0.2) is 0 Å². The Balaban J connectivity index is 1.25. The van der Waals surface area contributed by atoms with Crippen molar-refractivity contribution in [3.8, 4) is 22.4 Å². The Labute approximate surface area is 236 Å². The lowest BCUT2D eigenvalue weighted by Gasteiger charge is -2.40. The Bertz CT molecular complexity index is 1680. The van der Waals surface area contributed by atoms with Crippen LogP contribution >= 0.6 is 0 Å². The molecule has 0 saturated heterocycles. The Morgan fingerprint density at radius 3 is 2.12 bits per heavy atom. The number of rotatable bonds is 3. The van der Waals surface area contributed by atoms with Crippen molar-refractivity contribution in [2.45, 2.75) is 77.0 Å². The zero-order valence-electron chi connectivity index (χ0n) is 23.8. The summed E-state index contributed by atoms with van der Waals surface area (Å²) in [5.41, 5.74) is 8.16. The number of furan rings is 1. The van der Waals surface area contributed by atoms with Crippen LogP contribution < -0.4 is 4.57 Å². The van der Waals surface area contributed by atoms with Crippen LogP contribution in [0.2, 0.25) is 0 Å². The molecule has 0 bridgehead atoms. The zero-order chi connectivity index (χ0) is 27.3. The minimum atomic E-state index is -0.240. The van der Waals surface area contributed by atoms with Crippen LogP contribution in [0.25, 0.3) is 44.3 Å². The van der Waals surface area contributed by atoms with Crippen molar-refractivity contribution in [2.75, 3.05) is 0 Å². The third-order valence-electron chi connectivity index (χ3n) is 10.2. The first-order valence-corrected chi connectivity index (χ1v) is 15.2. The summed E-state index contributed by atoms with van der Waals surface area (Å²) in [7, 11) is 2.05. The fourth-order valence-corrected chi connectivity index (χ4v) is 7.81. The Morgan fingerprint density at radius 2 is 1.43 bits per heavy atom. The summed E-state index contributed by atoms with van der Waals surface area (Å²) < 4.78 is 24.2. The predicted octanol–water partition coefficient (Wildman–Crippen LogP) is 10.2. The molecule has 0 radical (unpaired) electrons. The highest BCUT2D eigenvalue weighted by Gasteiger charge is 2.35. The summed E-state index contributed by atoms with van der Waals surface area (Å²) in [6.07, 6.45) is 15.9. The van der Waals surface area contributed by atoms with Gasteiger partial charge in [-0.25, -0.2) is 8.96 Å². The SMILES string of the molecule is Cc1ccc2c(oc3c(-c4ccc(C5CCC6(CCCCCC6)CC5)cc4)c(F)ccc32)c1-c1cccc[n+]1C. The molecule has 1 spiro atoms. The maximum absolute atomic E-state index is 15.5. The molecule has 3 heteroatoms. The van der Waals surface area contributed by atoms with E-state index in [9.17, 15) is 0 Å². The Kier molecular flexibility index (Phi) is 6.49. The van der Waals surface area contributed by atoms with E-state index in [-0.39, 0.29) is 5.82 Å². The van der Waals surface area contributed by atoms with Gasteiger partial charge < -0.3 is 4.42 Å². The van der Waals surface area contributed by atoms with Crippen LogP contribution in [0.5, 0.6) is 0 Å². The number of pyridine rings is 1. The molecule has 2 fully saturated rings. The van der Waals surface area contributed by atoms with Gasteiger partial charge in [0, 0.05) is 22.9 Å². The quantitative estimate of drug-likeness (QED) is 0.211. The summed E-state index contributed by atoms with van der Waals surface area (Å²) >= 11 is 0. The lowest BCUT2D eigenvalue weighted by Crippen LogP contribution is -2.30. The zero-order valence-corrected chi connectivity index (χ0v) is 23.8. The van der Waals surface area contributed by atoms with Gasteiger partial charge in [0.1, 0.15) is 24.0 Å². The van der Waals surface area contributed by atoms with E-state index in [1.54, 1.807) is 6.07 Å². The number of nitrogens with zero attached hydrogens (tertiary/aromatic N) is 1. The van der Waals surface area contributed by atoms with E-state index in [2.05, 4.69) is 54.0 Å². The summed E-state index contributed by atoms with van der Waals surface area (Å²) in [4.78, 5) is 0. The standard InChI is InChI=1S/C37H39FNO/c1-25-10-15-29-30-16-17-31(38)34(36(30)40-35(29)33(25)32-9-5-8-24-39(32)2)28-13-11-26(12-14-28)27-18-22-37(23-19-27)20-6-3-4-7-21-37/h5,8-17,24,27H,3-4,6-7,18-23H2,1-2H3/q+1. The van der Waals surface area contributed by atoms with Crippen LogP contribution in [0, 0.1) is 18.2 Å². The van der Waals surface area contributed by atoms with Crippen molar-refractivity contribution < 1.29 is 13.4 Å². The molecule has 5 aromatic rings. The van der Waals surface area contributed by atoms with E-state index in [0.29, 0.717) is 22.5 Å². The van der Waals surface area contributed by atoms with Crippen LogP contribution in [0.3, 0.4) is 0 Å². The molecule has 2 aliphatic carbocycles. The first-order chi connectivity index (χ1) is 19.5. The first kappa shape index (κ1) is 25.5. The molecule has 2 heterocycles. The number of fused-ring (bicyclic) bond motifs is 3. The monoisotopic (exact) mass is 532 g/mol. The third kappa shape index (κ3) is 4.35. The van der Waals surface area contributed by atoms with Gasteiger partial charge in [0.2, 0.25) is 5.69 Å². The van der Waals surface area contributed by atoms with Crippen molar-refractivity contribution >= 4 is 21.9 Å². The molecule has 3 aromatic carbocycles. The van der Waals surface area contributed by atoms with Gasteiger partial charge in [-0.1, -0.05) is 62.1 Å². The van der Waals surface area contributed by atoms with Gasteiger partial charge in [-0.05, 0) is 91.7 Å². The number of halogens is 1. The van der Waals surface area contributed by atoms with E-state index >= 15 is 4.39 Å². The second-order valence-electron chi connectivity index (χ2n) is 12.5. The van der Waals surface area contributed by atoms with Gasteiger partial charge in [-0.2, -0.15) is 0 Å². The van der Waals surface area contributed by atoms with E-state index in [4.69, 9.17) is 4.42 Å². The fourth-order valence-electron chi connectivity index (χ4n) is 7.81. The van der Waals surface area contributed by atoms with Crippen molar-refractivity contribution in [3.05, 3.63) is 89.9 Å². The minimum Gasteiger partial charge on any atom is -0.454 e. The molecule has 0 atom stereocenters. The van der Waals surface area contributed by atoms with Crippen LogP contribution in [0.1, 0.15) is 81.3 Å². The maximum Gasteiger partial charge on any atom is 0.216 e. The van der Waals surface area contributed by atoms with Gasteiger partial charge in [0.15, 0.2) is 6.20 Å². The minimum absolute atomic E-state index is 0.240. The van der Waals surface area contributed by atoms with Crippen LogP contribution in [0.4, 0.5) is 4.39 Å². The Hall–Kier alpha value is -3.46. The van der Waals surface area contributed by atoms with E-state index in [1.165, 1.54) is 69.8 Å². The van der Waals surface area contributed by atoms with Crippen molar-refractivity contribution in [1.82, 2.24) is 0 Å². The molecular weight excluding hydrogens is 493 g/mol. The molecule has 2 aliphatic rings. The highest BCUT2D eigenvalue weighted by Crippen LogP contribution is 2.50. The van der Waals surface area contributed by atoms with E-state index < -0.39 is 0 Å². The second-order valence-corrected chi connectivity index (χ2v) is 12.5. The number of hydrogen-bond donors (Lipinski definition) is 0. The average molecular weight is 533 g/mol. The Morgan fingerprint density at radius 1 is 0.750 bits per heavy atom. The highest BCUT2D eigenvalue weighted by molar-refractivity contribution is 6.13.